The lowest BCUT2D eigenvalue weighted by Crippen LogP contribution is -2.24. The zero-order valence-electron chi connectivity index (χ0n) is 13.1. The molecule has 0 radical (unpaired) electrons. The third-order valence-electron chi connectivity index (χ3n) is 3.26. The van der Waals surface area contributed by atoms with Gasteiger partial charge in [0.15, 0.2) is 0 Å². The summed E-state index contributed by atoms with van der Waals surface area (Å²) in [5.74, 6) is 0.0928. The number of nitrogens with one attached hydrogen (secondary N) is 1. The first-order valence-electron chi connectivity index (χ1n) is 7.43. The van der Waals surface area contributed by atoms with Crippen LogP contribution in [0.3, 0.4) is 0 Å². The lowest BCUT2D eigenvalue weighted by Gasteiger charge is -2.18. The first-order valence-corrected chi connectivity index (χ1v) is 7.43. The minimum atomic E-state index is -0.720. The number of aliphatic hydroxyl groups is 1. The van der Waals surface area contributed by atoms with Crippen LogP contribution in [0.4, 0.5) is 4.39 Å². The second-order valence-electron chi connectivity index (χ2n) is 5.09. The average Bonchev–Trinajstić information content (AvgIpc) is 2.49. The van der Waals surface area contributed by atoms with Crippen LogP contribution in [0, 0.1) is 5.82 Å². The van der Waals surface area contributed by atoms with E-state index >= 15 is 0 Å². The molecule has 0 aliphatic rings. The molecule has 0 aliphatic carbocycles. The molecule has 0 bridgehead atoms. The van der Waals surface area contributed by atoms with E-state index in [1.807, 2.05) is 14.0 Å². The van der Waals surface area contributed by atoms with Crippen LogP contribution >= 0.6 is 0 Å². The summed E-state index contributed by atoms with van der Waals surface area (Å²) >= 11 is 0. The highest BCUT2D eigenvalue weighted by molar-refractivity contribution is 5.36. The van der Waals surface area contributed by atoms with Crippen LogP contribution in [0.1, 0.15) is 38.3 Å². The molecule has 0 spiro atoms. The molecule has 2 atom stereocenters. The highest BCUT2D eigenvalue weighted by Crippen LogP contribution is 2.26. The van der Waals surface area contributed by atoms with Gasteiger partial charge in [0.05, 0.1) is 6.61 Å². The van der Waals surface area contributed by atoms with Gasteiger partial charge < -0.3 is 19.9 Å². The quantitative estimate of drug-likeness (QED) is 0.652. The van der Waals surface area contributed by atoms with E-state index in [-0.39, 0.29) is 25.1 Å². The monoisotopic (exact) mass is 299 g/mol. The number of aliphatic hydroxyl groups excluding tert-OH is 1. The topological polar surface area (TPSA) is 50.7 Å². The van der Waals surface area contributed by atoms with E-state index in [9.17, 15) is 9.50 Å². The minimum absolute atomic E-state index is 0.0403. The second kappa shape index (κ2) is 9.71. The maximum atomic E-state index is 13.3. The normalized spacial score (nSPS) is 14.0. The van der Waals surface area contributed by atoms with Crippen LogP contribution in [0.2, 0.25) is 0 Å². The van der Waals surface area contributed by atoms with E-state index in [2.05, 4.69) is 12.2 Å². The Labute approximate surface area is 126 Å². The molecular formula is C16H26FNO3. The molecular weight excluding hydrogens is 273 g/mol. The molecule has 21 heavy (non-hydrogen) atoms. The molecule has 5 heteroatoms. The van der Waals surface area contributed by atoms with Crippen molar-refractivity contribution in [3.8, 4) is 5.75 Å². The van der Waals surface area contributed by atoms with Crippen LogP contribution in [0.15, 0.2) is 18.2 Å². The number of halogens is 1. The van der Waals surface area contributed by atoms with Crippen molar-refractivity contribution in [3.63, 3.8) is 0 Å². The predicted molar refractivity (Wildman–Crippen MR) is 81.1 cm³/mol. The SMILES string of the molecule is CCCCOCC(O)COc1cc(F)ccc1C(C)NC. The van der Waals surface area contributed by atoms with Gasteiger partial charge in [-0.2, -0.15) is 0 Å². The number of benzene rings is 1. The Morgan fingerprint density at radius 1 is 1.33 bits per heavy atom. The van der Waals surface area contributed by atoms with Crippen LogP contribution in [0.25, 0.3) is 0 Å². The zero-order valence-corrected chi connectivity index (χ0v) is 13.1. The molecule has 1 aromatic rings. The molecule has 0 saturated heterocycles. The molecule has 2 unspecified atom stereocenters. The Hall–Kier alpha value is -1.17. The number of hydrogen-bond acceptors (Lipinski definition) is 4. The van der Waals surface area contributed by atoms with Crippen LogP contribution in [-0.4, -0.2) is 38.1 Å². The smallest absolute Gasteiger partial charge is 0.127 e. The summed E-state index contributed by atoms with van der Waals surface area (Å²) in [6.07, 6.45) is 1.31. The second-order valence-corrected chi connectivity index (χ2v) is 5.09. The van der Waals surface area contributed by atoms with Gasteiger partial charge in [0, 0.05) is 24.3 Å². The number of unbranched alkanes of at least 4 members (excludes halogenated alkanes) is 1. The van der Waals surface area contributed by atoms with Crippen molar-refractivity contribution in [1.29, 1.82) is 0 Å². The Morgan fingerprint density at radius 3 is 2.76 bits per heavy atom. The molecule has 0 fully saturated rings. The number of ether oxygens (including phenoxy) is 2. The van der Waals surface area contributed by atoms with Crippen molar-refractivity contribution < 1.29 is 19.0 Å². The van der Waals surface area contributed by atoms with E-state index in [4.69, 9.17) is 9.47 Å². The van der Waals surface area contributed by atoms with Crippen molar-refractivity contribution in [1.82, 2.24) is 5.32 Å². The molecule has 0 heterocycles. The molecule has 120 valence electrons. The van der Waals surface area contributed by atoms with Gasteiger partial charge in [-0.25, -0.2) is 4.39 Å². The Bertz CT molecular complexity index is 415. The fourth-order valence-corrected chi connectivity index (χ4v) is 1.85. The van der Waals surface area contributed by atoms with Gasteiger partial charge in [-0.3, -0.25) is 0 Å². The highest BCUT2D eigenvalue weighted by atomic mass is 19.1. The van der Waals surface area contributed by atoms with E-state index in [1.54, 1.807) is 6.07 Å². The van der Waals surface area contributed by atoms with Gasteiger partial charge in [0.2, 0.25) is 0 Å². The van der Waals surface area contributed by atoms with E-state index in [0.717, 1.165) is 18.4 Å². The summed E-state index contributed by atoms with van der Waals surface area (Å²) in [6.45, 7) is 4.99. The van der Waals surface area contributed by atoms with Gasteiger partial charge in [-0.1, -0.05) is 19.4 Å². The van der Waals surface area contributed by atoms with E-state index < -0.39 is 6.10 Å². The molecule has 0 amide bonds. The largest absolute Gasteiger partial charge is 0.490 e. The molecule has 1 rings (SSSR count). The highest BCUT2D eigenvalue weighted by Gasteiger charge is 2.13. The van der Waals surface area contributed by atoms with Crippen molar-refractivity contribution in [2.24, 2.45) is 0 Å². The standard InChI is InChI=1S/C16H26FNO3/c1-4-5-8-20-10-14(19)11-21-16-9-13(17)6-7-15(16)12(2)18-3/h6-7,9,12,14,18-19H,4-5,8,10-11H2,1-3H3. The molecule has 0 aromatic heterocycles. The molecule has 0 saturated carbocycles. The average molecular weight is 299 g/mol. The summed E-state index contributed by atoms with van der Waals surface area (Å²) < 4.78 is 24.2. The van der Waals surface area contributed by atoms with Gasteiger partial charge in [-0.05, 0) is 26.5 Å². The van der Waals surface area contributed by atoms with Crippen LogP contribution in [0.5, 0.6) is 5.75 Å². The van der Waals surface area contributed by atoms with Gasteiger partial charge in [0.1, 0.15) is 24.3 Å². The van der Waals surface area contributed by atoms with Crippen LogP contribution < -0.4 is 10.1 Å². The Balaban J connectivity index is 2.51. The molecule has 2 N–H and O–H groups in total. The van der Waals surface area contributed by atoms with Crippen molar-refractivity contribution in [2.45, 2.75) is 38.8 Å². The molecule has 4 nitrogen and oxygen atoms in total. The Morgan fingerprint density at radius 2 is 2.10 bits per heavy atom. The number of rotatable bonds is 10. The van der Waals surface area contributed by atoms with Gasteiger partial charge in [0.25, 0.3) is 0 Å². The van der Waals surface area contributed by atoms with Crippen molar-refractivity contribution in [3.05, 3.63) is 29.6 Å². The predicted octanol–water partition coefficient (Wildman–Crippen LogP) is 2.66. The third kappa shape index (κ3) is 6.42. The number of hydrogen-bond donors (Lipinski definition) is 2. The van der Waals surface area contributed by atoms with Crippen molar-refractivity contribution >= 4 is 0 Å². The minimum Gasteiger partial charge on any atom is -0.490 e. The lowest BCUT2D eigenvalue weighted by atomic mass is 10.1. The van der Waals surface area contributed by atoms with E-state index in [0.29, 0.717) is 12.4 Å². The van der Waals surface area contributed by atoms with E-state index in [1.165, 1.54) is 12.1 Å². The zero-order chi connectivity index (χ0) is 15.7. The van der Waals surface area contributed by atoms with Gasteiger partial charge >= 0.3 is 0 Å². The lowest BCUT2D eigenvalue weighted by molar-refractivity contribution is 0.0110. The van der Waals surface area contributed by atoms with Crippen molar-refractivity contribution in [2.75, 3.05) is 26.9 Å². The first kappa shape index (κ1) is 17.9. The summed E-state index contributed by atoms with van der Waals surface area (Å²) in [5.41, 5.74) is 0.859. The maximum Gasteiger partial charge on any atom is 0.127 e. The summed E-state index contributed by atoms with van der Waals surface area (Å²) in [6, 6.07) is 4.47. The van der Waals surface area contributed by atoms with Gasteiger partial charge in [-0.15, -0.1) is 0 Å². The fourth-order valence-electron chi connectivity index (χ4n) is 1.85. The molecule has 1 aromatic carbocycles. The first-order chi connectivity index (χ1) is 10.1. The summed E-state index contributed by atoms with van der Waals surface area (Å²) in [5, 5.41) is 12.9. The summed E-state index contributed by atoms with van der Waals surface area (Å²) in [7, 11) is 1.83. The Kier molecular flexibility index (Phi) is 8.27. The molecule has 0 aliphatic heterocycles. The van der Waals surface area contributed by atoms with Crippen LogP contribution in [-0.2, 0) is 4.74 Å². The summed E-state index contributed by atoms with van der Waals surface area (Å²) in [4.78, 5) is 0. The maximum absolute atomic E-state index is 13.3. The fraction of sp³-hybridized carbons (Fsp3) is 0.625. The third-order valence-corrected chi connectivity index (χ3v) is 3.26.